The van der Waals surface area contributed by atoms with E-state index in [4.69, 9.17) is 0 Å². The van der Waals surface area contributed by atoms with Gasteiger partial charge < -0.3 is 14.7 Å². The van der Waals surface area contributed by atoms with Gasteiger partial charge in [-0.1, -0.05) is 6.92 Å². The van der Waals surface area contributed by atoms with Gasteiger partial charge in [-0.15, -0.1) is 0 Å². The van der Waals surface area contributed by atoms with Crippen LogP contribution in [-0.4, -0.2) is 71.3 Å². The first kappa shape index (κ1) is 13.9. The normalized spacial score (nSPS) is 17.1. The third kappa shape index (κ3) is 6.35. The van der Waals surface area contributed by atoms with Crippen molar-refractivity contribution in [3.63, 3.8) is 0 Å². The van der Waals surface area contributed by atoms with Crippen LogP contribution < -0.4 is 5.32 Å². The van der Waals surface area contributed by atoms with E-state index in [-0.39, 0.29) is 0 Å². The van der Waals surface area contributed by atoms with Gasteiger partial charge in [0.2, 0.25) is 0 Å². The van der Waals surface area contributed by atoms with Crippen molar-refractivity contribution in [3.05, 3.63) is 0 Å². The molecule has 0 saturated carbocycles. The first-order valence-corrected chi connectivity index (χ1v) is 5.28. The van der Waals surface area contributed by atoms with Gasteiger partial charge in [0.25, 0.3) is 0 Å². The van der Waals surface area contributed by atoms with Crippen molar-refractivity contribution in [1.29, 1.82) is 0 Å². The Kier molecular flexibility index (Phi) is 5.06. The molecular weight excluding hydrogens is 174 g/mol. The summed E-state index contributed by atoms with van der Waals surface area (Å²) in [5, 5.41) is 3.30. The van der Waals surface area contributed by atoms with Gasteiger partial charge in [0.05, 0.1) is 27.7 Å². The molecule has 0 bridgehead atoms. The van der Waals surface area contributed by atoms with Gasteiger partial charge in [-0.25, -0.2) is 0 Å². The molecule has 1 atom stereocenters. The quantitative estimate of drug-likeness (QED) is 0.630. The largest absolute Gasteiger partial charge is 0.330 e. The Labute approximate surface area is 89.7 Å². The fourth-order valence-corrected chi connectivity index (χ4v) is 2.50. The summed E-state index contributed by atoms with van der Waals surface area (Å²) >= 11 is 0. The predicted molar refractivity (Wildman–Crippen MR) is 63.5 cm³/mol. The standard InChI is InChI=1S/C11H28N3/c1-11(8-12-2,9-13(3)4)10-14(5,6)7/h12H,8-10H2,1-7H3/q+1. The van der Waals surface area contributed by atoms with Gasteiger partial charge in [-0.2, -0.15) is 0 Å². The van der Waals surface area contributed by atoms with E-state index in [2.05, 4.69) is 52.4 Å². The number of rotatable bonds is 6. The lowest BCUT2D eigenvalue weighted by molar-refractivity contribution is -0.876. The van der Waals surface area contributed by atoms with E-state index in [9.17, 15) is 0 Å². The van der Waals surface area contributed by atoms with Crippen molar-refractivity contribution < 1.29 is 4.48 Å². The van der Waals surface area contributed by atoms with Crippen molar-refractivity contribution >= 4 is 0 Å². The maximum atomic E-state index is 3.30. The zero-order valence-electron chi connectivity index (χ0n) is 11.0. The van der Waals surface area contributed by atoms with Gasteiger partial charge in [0.1, 0.15) is 0 Å². The highest BCUT2D eigenvalue weighted by molar-refractivity contribution is 4.78. The number of nitrogens with one attached hydrogen (secondary N) is 1. The van der Waals surface area contributed by atoms with E-state index in [1.807, 2.05) is 7.05 Å². The maximum absolute atomic E-state index is 3.30. The fourth-order valence-electron chi connectivity index (χ4n) is 2.50. The average molecular weight is 202 g/mol. The Morgan fingerprint density at radius 2 is 1.71 bits per heavy atom. The second-order valence-corrected chi connectivity index (χ2v) is 6.03. The van der Waals surface area contributed by atoms with Gasteiger partial charge >= 0.3 is 0 Å². The van der Waals surface area contributed by atoms with Crippen LogP contribution in [0, 0.1) is 5.41 Å². The predicted octanol–water partition coefficient (Wildman–Crippen LogP) is 0.480. The molecule has 3 nitrogen and oxygen atoms in total. The van der Waals surface area contributed by atoms with Gasteiger partial charge in [-0.3, -0.25) is 0 Å². The van der Waals surface area contributed by atoms with Gasteiger partial charge in [0.15, 0.2) is 0 Å². The monoisotopic (exact) mass is 202 g/mol. The first-order valence-electron chi connectivity index (χ1n) is 5.28. The minimum atomic E-state index is 0.344. The molecule has 0 rings (SSSR count). The Morgan fingerprint density at radius 1 is 1.21 bits per heavy atom. The molecule has 0 aliphatic rings. The molecule has 1 unspecified atom stereocenters. The summed E-state index contributed by atoms with van der Waals surface area (Å²) < 4.78 is 1.02. The molecule has 0 aliphatic carbocycles. The average Bonchev–Trinajstić information content (AvgIpc) is 1.78. The minimum Gasteiger partial charge on any atom is -0.330 e. The number of hydrogen-bond acceptors (Lipinski definition) is 2. The third-order valence-corrected chi connectivity index (χ3v) is 2.16. The number of hydrogen-bond donors (Lipinski definition) is 1. The summed E-state index contributed by atoms with van der Waals surface area (Å²) in [5.41, 5.74) is 0.344. The van der Waals surface area contributed by atoms with Crippen LogP contribution in [0.1, 0.15) is 6.92 Å². The van der Waals surface area contributed by atoms with Crippen molar-refractivity contribution in [2.75, 3.05) is 61.9 Å². The van der Waals surface area contributed by atoms with Crippen LogP contribution in [-0.2, 0) is 0 Å². The van der Waals surface area contributed by atoms with Crippen molar-refractivity contribution in [1.82, 2.24) is 10.2 Å². The molecule has 0 amide bonds. The van der Waals surface area contributed by atoms with Crippen LogP contribution >= 0.6 is 0 Å². The van der Waals surface area contributed by atoms with E-state index in [1.54, 1.807) is 0 Å². The zero-order valence-corrected chi connectivity index (χ0v) is 11.0. The second-order valence-electron chi connectivity index (χ2n) is 6.03. The third-order valence-electron chi connectivity index (χ3n) is 2.16. The topological polar surface area (TPSA) is 15.3 Å². The highest BCUT2D eigenvalue weighted by Gasteiger charge is 2.30. The summed E-state index contributed by atoms with van der Waals surface area (Å²) in [7, 11) is 13.1. The van der Waals surface area contributed by atoms with Gasteiger partial charge in [-0.05, 0) is 21.1 Å². The molecule has 0 spiro atoms. The van der Waals surface area contributed by atoms with E-state index in [0.717, 1.165) is 17.6 Å². The van der Waals surface area contributed by atoms with E-state index < -0.39 is 0 Å². The second kappa shape index (κ2) is 5.10. The van der Waals surface area contributed by atoms with Crippen LogP contribution in [0.2, 0.25) is 0 Å². The van der Waals surface area contributed by atoms with Crippen molar-refractivity contribution in [3.8, 4) is 0 Å². The molecule has 3 heteroatoms. The van der Waals surface area contributed by atoms with Crippen LogP contribution in [0.3, 0.4) is 0 Å². The highest BCUT2D eigenvalue weighted by Crippen LogP contribution is 2.19. The Balaban J connectivity index is 4.38. The van der Waals surface area contributed by atoms with Crippen molar-refractivity contribution in [2.24, 2.45) is 5.41 Å². The lowest BCUT2D eigenvalue weighted by Gasteiger charge is -2.38. The summed E-state index contributed by atoms with van der Waals surface area (Å²) in [6.45, 7) is 5.74. The molecule has 0 aliphatic heterocycles. The molecule has 0 saturated heterocycles. The number of quaternary nitrogens is 1. The van der Waals surface area contributed by atoms with E-state index >= 15 is 0 Å². The molecule has 14 heavy (non-hydrogen) atoms. The van der Waals surface area contributed by atoms with Crippen LogP contribution in [0.5, 0.6) is 0 Å². The van der Waals surface area contributed by atoms with Crippen LogP contribution in [0.4, 0.5) is 0 Å². The molecule has 0 radical (unpaired) electrons. The summed E-state index contributed by atoms with van der Waals surface area (Å²) in [5.74, 6) is 0. The van der Waals surface area contributed by atoms with Crippen molar-refractivity contribution in [2.45, 2.75) is 6.92 Å². The van der Waals surface area contributed by atoms with Crippen LogP contribution in [0.25, 0.3) is 0 Å². The first-order chi connectivity index (χ1) is 6.18. The summed E-state index contributed by atoms with van der Waals surface area (Å²) in [6, 6.07) is 0. The lowest BCUT2D eigenvalue weighted by Crippen LogP contribution is -2.51. The molecule has 0 fully saturated rings. The molecular formula is C11H28N3+. The molecule has 86 valence electrons. The Bertz CT molecular complexity index is 160. The lowest BCUT2D eigenvalue weighted by atomic mass is 9.88. The number of nitrogens with zero attached hydrogens (tertiary/aromatic N) is 2. The Hall–Kier alpha value is -0.120. The smallest absolute Gasteiger partial charge is 0.0859 e. The summed E-state index contributed by atoms with van der Waals surface area (Å²) in [4.78, 5) is 2.27. The highest BCUT2D eigenvalue weighted by atomic mass is 15.3. The molecule has 0 aromatic rings. The zero-order chi connectivity index (χ0) is 11.4. The van der Waals surface area contributed by atoms with E-state index in [0.29, 0.717) is 5.41 Å². The van der Waals surface area contributed by atoms with Gasteiger partial charge in [0, 0.05) is 18.5 Å². The minimum absolute atomic E-state index is 0.344. The molecule has 0 heterocycles. The summed E-state index contributed by atoms with van der Waals surface area (Å²) in [6.07, 6.45) is 0. The SMILES string of the molecule is CNCC(C)(CN(C)C)C[N+](C)(C)C. The van der Waals surface area contributed by atoms with Crippen LogP contribution in [0.15, 0.2) is 0 Å². The fraction of sp³-hybridized carbons (Fsp3) is 1.00. The molecule has 0 aromatic heterocycles. The van der Waals surface area contributed by atoms with E-state index in [1.165, 1.54) is 6.54 Å². The molecule has 0 aromatic carbocycles. The molecule has 1 N–H and O–H groups in total. The Morgan fingerprint density at radius 3 is 2.00 bits per heavy atom. The maximum Gasteiger partial charge on any atom is 0.0859 e.